The van der Waals surface area contributed by atoms with E-state index >= 15 is 0 Å². The molecule has 0 spiro atoms. The topological polar surface area (TPSA) is 20.3 Å². The number of rotatable bonds is 1. The summed E-state index contributed by atoms with van der Waals surface area (Å²) >= 11 is 0. The summed E-state index contributed by atoms with van der Waals surface area (Å²) in [5, 5.41) is 0. The van der Waals surface area contributed by atoms with Crippen molar-refractivity contribution in [3.8, 4) is 0 Å². The quantitative estimate of drug-likeness (QED) is 0.740. The van der Waals surface area contributed by atoms with Crippen LogP contribution in [0.2, 0.25) is 0 Å². The van der Waals surface area contributed by atoms with Gasteiger partial charge in [0, 0.05) is 17.6 Å². The van der Waals surface area contributed by atoms with Gasteiger partial charge < -0.3 is 4.90 Å². The lowest BCUT2D eigenvalue weighted by molar-refractivity contribution is -0.127. The van der Waals surface area contributed by atoms with Crippen LogP contribution in [0, 0.1) is 19.3 Å². The van der Waals surface area contributed by atoms with Crippen LogP contribution in [0.4, 0.5) is 5.69 Å². The van der Waals surface area contributed by atoms with E-state index in [1.807, 2.05) is 0 Å². The molecule has 1 aromatic rings. The second kappa shape index (κ2) is 4.17. The molecular weight excluding hydrogens is 210 g/mol. The number of benzene rings is 1. The smallest absolute Gasteiger partial charge is 0.157 e. The molecule has 0 aromatic heterocycles. The van der Waals surface area contributed by atoms with Crippen molar-refractivity contribution < 1.29 is 4.79 Å². The number of carbonyl (C=O) groups is 1. The van der Waals surface area contributed by atoms with Crippen LogP contribution in [0.5, 0.6) is 0 Å². The van der Waals surface area contributed by atoms with Crippen LogP contribution < -0.4 is 4.90 Å². The highest BCUT2D eigenvalue weighted by atomic mass is 16.1. The van der Waals surface area contributed by atoms with Crippen molar-refractivity contribution in [2.75, 3.05) is 18.0 Å². The molecule has 2 nitrogen and oxygen atoms in total. The Morgan fingerprint density at radius 1 is 1.24 bits per heavy atom. The fourth-order valence-corrected chi connectivity index (χ4v) is 2.30. The summed E-state index contributed by atoms with van der Waals surface area (Å²) in [6.45, 7) is 9.88. The van der Waals surface area contributed by atoms with E-state index in [1.54, 1.807) is 0 Å². The summed E-state index contributed by atoms with van der Waals surface area (Å²) in [7, 11) is 0. The van der Waals surface area contributed by atoms with Crippen LogP contribution in [0.1, 0.15) is 31.4 Å². The summed E-state index contributed by atoms with van der Waals surface area (Å²) in [5.41, 5.74) is 3.66. The van der Waals surface area contributed by atoms with E-state index in [0.717, 1.165) is 13.0 Å². The molecule has 2 heteroatoms. The molecule has 1 fully saturated rings. The Balaban J connectivity index is 2.26. The van der Waals surface area contributed by atoms with Crippen LogP contribution in [0.25, 0.3) is 0 Å². The van der Waals surface area contributed by atoms with E-state index in [1.165, 1.54) is 16.8 Å². The molecule has 1 aliphatic rings. The van der Waals surface area contributed by atoms with Gasteiger partial charge >= 0.3 is 0 Å². The number of nitrogens with zero attached hydrogens (tertiary/aromatic N) is 1. The van der Waals surface area contributed by atoms with Crippen molar-refractivity contribution in [3.63, 3.8) is 0 Å². The van der Waals surface area contributed by atoms with E-state index in [4.69, 9.17) is 0 Å². The van der Waals surface area contributed by atoms with Crippen LogP contribution >= 0.6 is 0 Å². The van der Waals surface area contributed by atoms with Gasteiger partial charge in [-0.05, 0) is 37.5 Å². The average molecular weight is 231 g/mol. The molecule has 0 radical (unpaired) electrons. The van der Waals surface area contributed by atoms with Crippen LogP contribution in [-0.4, -0.2) is 18.9 Å². The molecule has 0 N–H and O–H groups in total. The first kappa shape index (κ1) is 12.2. The third-order valence-electron chi connectivity index (χ3n) is 4.01. The number of hydrogen-bond acceptors (Lipinski definition) is 2. The molecule has 92 valence electrons. The fourth-order valence-electron chi connectivity index (χ4n) is 2.30. The zero-order valence-corrected chi connectivity index (χ0v) is 11.2. The highest BCUT2D eigenvalue weighted by molar-refractivity contribution is 5.89. The van der Waals surface area contributed by atoms with Crippen molar-refractivity contribution in [3.05, 3.63) is 29.3 Å². The number of hydrogen-bond donors (Lipinski definition) is 0. The van der Waals surface area contributed by atoms with Crippen molar-refractivity contribution in [1.82, 2.24) is 0 Å². The Kier molecular flexibility index (Phi) is 2.98. The van der Waals surface area contributed by atoms with E-state index < -0.39 is 0 Å². The molecule has 1 saturated heterocycles. The zero-order chi connectivity index (χ0) is 12.6. The molecule has 1 heterocycles. The molecule has 1 aliphatic heterocycles. The van der Waals surface area contributed by atoms with Crippen LogP contribution in [0.3, 0.4) is 0 Å². The van der Waals surface area contributed by atoms with Crippen molar-refractivity contribution in [2.45, 2.75) is 34.1 Å². The van der Waals surface area contributed by atoms with E-state index in [2.05, 4.69) is 50.8 Å². The number of Topliss-reactive ketones (excluding diaryl/α,β-unsaturated/α-hetero) is 1. The summed E-state index contributed by atoms with van der Waals surface area (Å²) in [6, 6.07) is 6.31. The zero-order valence-electron chi connectivity index (χ0n) is 11.2. The van der Waals surface area contributed by atoms with Gasteiger partial charge in [0.1, 0.15) is 0 Å². The van der Waals surface area contributed by atoms with E-state index in [9.17, 15) is 4.79 Å². The molecule has 0 aliphatic carbocycles. The lowest BCUT2D eigenvalue weighted by Crippen LogP contribution is -2.45. The SMILES string of the molecule is Cc1cccc(N2CCC(C)(C)C(=O)C2)c1C. The molecule has 0 unspecified atom stereocenters. The van der Waals surface area contributed by atoms with Gasteiger partial charge in [0.15, 0.2) is 5.78 Å². The van der Waals surface area contributed by atoms with Gasteiger partial charge in [0.25, 0.3) is 0 Å². The predicted molar refractivity (Wildman–Crippen MR) is 71.5 cm³/mol. The van der Waals surface area contributed by atoms with Gasteiger partial charge in [-0.1, -0.05) is 26.0 Å². The first-order valence-electron chi connectivity index (χ1n) is 6.26. The first-order chi connectivity index (χ1) is 7.92. The minimum atomic E-state index is -0.145. The monoisotopic (exact) mass is 231 g/mol. The highest BCUT2D eigenvalue weighted by Crippen LogP contribution is 2.31. The van der Waals surface area contributed by atoms with Gasteiger partial charge in [-0.3, -0.25) is 4.79 Å². The lowest BCUT2D eigenvalue weighted by Gasteiger charge is -2.37. The lowest BCUT2D eigenvalue weighted by atomic mass is 9.81. The highest BCUT2D eigenvalue weighted by Gasteiger charge is 2.34. The van der Waals surface area contributed by atoms with Gasteiger partial charge in [-0.2, -0.15) is 0 Å². The Morgan fingerprint density at radius 2 is 1.94 bits per heavy atom. The Hall–Kier alpha value is -1.31. The Labute approximate surface area is 104 Å². The second-order valence-electron chi connectivity index (χ2n) is 5.70. The van der Waals surface area contributed by atoms with E-state index in [-0.39, 0.29) is 5.41 Å². The van der Waals surface area contributed by atoms with Crippen molar-refractivity contribution in [1.29, 1.82) is 0 Å². The first-order valence-corrected chi connectivity index (χ1v) is 6.26. The van der Waals surface area contributed by atoms with E-state index in [0.29, 0.717) is 12.3 Å². The third kappa shape index (κ3) is 2.21. The molecule has 2 rings (SSSR count). The van der Waals surface area contributed by atoms with Gasteiger partial charge in [-0.25, -0.2) is 0 Å². The standard InChI is InChI=1S/C15H21NO/c1-11-6-5-7-13(12(11)2)16-9-8-15(3,4)14(17)10-16/h5-7H,8-10H2,1-4H3. The summed E-state index contributed by atoms with van der Waals surface area (Å²) < 4.78 is 0. The third-order valence-corrected chi connectivity index (χ3v) is 4.01. The minimum Gasteiger partial charge on any atom is -0.364 e. The molecule has 0 bridgehead atoms. The second-order valence-corrected chi connectivity index (χ2v) is 5.70. The molecule has 0 saturated carbocycles. The largest absolute Gasteiger partial charge is 0.364 e. The molecular formula is C15H21NO. The summed E-state index contributed by atoms with van der Waals surface area (Å²) in [6.07, 6.45) is 0.944. The predicted octanol–water partition coefficient (Wildman–Crippen LogP) is 3.11. The molecule has 0 amide bonds. The number of ketones is 1. The van der Waals surface area contributed by atoms with Crippen LogP contribution in [0.15, 0.2) is 18.2 Å². The maximum Gasteiger partial charge on any atom is 0.157 e. The number of carbonyl (C=O) groups excluding carboxylic acids is 1. The molecule has 17 heavy (non-hydrogen) atoms. The van der Waals surface area contributed by atoms with Crippen molar-refractivity contribution >= 4 is 11.5 Å². The molecule has 1 aromatic carbocycles. The normalized spacial score (nSPS) is 19.5. The number of piperidine rings is 1. The number of anilines is 1. The van der Waals surface area contributed by atoms with Gasteiger partial charge in [0.05, 0.1) is 6.54 Å². The molecule has 0 atom stereocenters. The summed E-state index contributed by atoms with van der Waals surface area (Å²) in [4.78, 5) is 14.3. The van der Waals surface area contributed by atoms with Crippen LogP contribution in [-0.2, 0) is 4.79 Å². The fraction of sp³-hybridized carbons (Fsp3) is 0.533. The number of aryl methyl sites for hydroxylation is 1. The van der Waals surface area contributed by atoms with Gasteiger partial charge in [0.2, 0.25) is 0 Å². The van der Waals surface area contributed by atoms with Gasteiger partial charge in [-0.15, -0.1) is 0 Å². The summed E-state index contributed by atoms with van der Waals surface area (Å²) in [5.74, 6) is 0.352. The minimum absolute atomic E-state index is 0.145. The average Bonchev–Trinajstić information content (AvgIpc) is 2.26. The van der Waals surface area contributed by atoms with Crippen molar-refractivity contribution in [2.24, 2.45) is 5.41 Å². The Bertz CT molecular complexity index is 448. The maximum absolute atomic E-state index is 12.1. The maximum atomic E-state index is 12.1. The Morgan fingerprint density at radius 3 is 2.59 bits per heavy atom.